The number of hydrogen-bond donors (Lipinski definition) is 1. The maximum absolute atomic E-state index is 12.5. The van der Waals surface area contributed by atoms with Crippen molar-refractivity contribution in [3.63, 3.8) is 0 Å². The van der Waals surface area contributed by atoms with Crippen molar-refractivity contribution in [3.8, 4) is 0 Å². The standard InChI is InChI=1S/C20H27N3O3S/c1-16-4-3-5-18(14-16)27(25)15-17-6-7-19(26-17)20(24)21-8-9-23-12-10-22(2)11-13-23/h3-7,14H,8-13,15H2,1-2H3,(H,21,24)/t27-/m1/s1. The first-order valence-corrected chi connectivity index (χ1v) is 10.6. The molecule has 7 heteroatoms. The Hall–Kier alpha value is -1.96. The van der Waals surface area contributed by atoms with Gasteiger partial charge in [-0.2, -0.15) is 0 Å². The van der Waals surface area contributed by atoms with Gasteiger partial charge in [0.15, 0.2) is 5.76 Å². The molecule has 1 amide bonds. The number of rotatable bonds is 7. The van der Waals surface area contributed by atoms with E-state index in [4.69, 9.17) is 4.42 Å². The van der Waals surface area contributed by atoms with Crippen LogP contribution in [0.15, 0.2) is 45.7 Å². The fourth-order valence-electron chi connectivity index (χ4n) is 3.03. The molecule has 2 heterocycles. The van der Waals surface area contributed by atoms with Crippen LogP contribution in [-0.4, -0.2) is 66.2 Å². The summed E-state index contributed by atoms with van der Waals surface area (Å²) in [6.45, 7) is 7.59. The number of carbonyl (C=O) groups is 1. The molecule has 0 aliphatic carbocycles. The van der Waals surface area contributed by atoms with Crippen molar-refractivity contribution in [2.75, 3.05) is 46.3 Å². The molecule has 3 rings (SSSR count). The molecule has 0 saturated carbocycles. The first-order valence-electron chi connectivity index (χ1n) is 9.24. The van der Waals surface area contributed by atoms with Gasteiger partial charge in [-0.1, -0.05) is 12.1 Å². The minimum absolute atomic E-state index is 0.225. The summed E-state index contributed by atoms with van der Waals surface area (Å²) in [6, 6.07) is 11.0. The molecule has 1 aliphatic rings. The first kappa shape index (κ1) is 19.8. The monoisotopic (exact) mass is 389 g/mol. The molecule has 1 N–H and O–H groups in total. The van der Waals surface area contributed by atoms with Gasteiger partial charge in [-0.25, -0.2) is 0 Å². The summed E-state index contributed by atoms with van der Waals surface area (Å²) in [5, 5.41) is 2.90. The Morgan fingerprint density at radius 1 is 1.19 bits per heavy atom. The van der Waals surface area contributed by atoms with Crippen molar-refractivity contribution in [3.05, 3.63) is 53.5 Å². The van der Waals surface area contributed by atoms with Crippen molar-refractivity contribution < 1.29 is 13.4 Å². The van der Waals surface area contributed by atoms with E-state index in [1.54, 1.807) is 12.1 Å². The summed E-state index contributed by atoms with van der Waals surface area (Å²) < 4.78 is 18.1. The zero-order chi connectivity index (χ0) is 19.2. The second-order valence-electron chi connectivity index (χ2n) is 6.97. The fourth-order valence-corrected chi connectivity index (χ4v) is 4.16. The number of hydrogen-bond acceptors (Lipinski definition) is 5. The molecule has 0 unspecified atom stereocenters. The van der Waals surface area contributed by atoms with Gasteiger partial charge in [-0.05, 0) is 43.8 Å². The predicted octanol–water partition coefficient (Wildman–Crippen LogP) is 1.87. The summed E-state index contributed by atoms with van der Waals surface area (Å²) in [5.41, 5.74) is 1.07. The molecule has 146 valence electrons. The molecular weight excluding hydrogens is 362 g/mol. The second kappa shape index (κ2) is 9.30. The Morgan fingerprint density at radius 2 is 1.96 bits per heavy atom. The average Bonchev–Trinajstić information content (AvgIpc) is 3.12. The average molecular weight is 390 g/mol. The highest BCUT2D eigenvalue weighted by molar-refractivity contribution is 7.84. The highest BCUT2D eigenvalue weighted by atomic mass is 32.2. The van der Waals surface area contributed by atoms with E-state index in [0.717, 1.165) is 43.2 Å². The number of amides is 1. The minimum Gasteiger partial charge on any atom is -0.455 e. The molecule has 1 aliphatic heterocycles. The SMILES string of the molecule is Cc1cccc([S@](=O)Cc2ccc(C(=O)NCCN3CCN(C)CC3)o2)c1. The van der Waals surface area contributed by atoms with Gasteiger partial charge in [-0.3, -0.25) is 13.9 Å². The molecule has 0 radical (unpaired) electrons. The van der Waals surface area contributed by atoms with Crippen molar-refractivity contribution in [2.24, 2.45) is 0 Å². The Bertz CT molecular complexity index is 797. The van der Waals surface area contributed by atoms with Crippen LogP contribution >= 0.6 is 0 Å². The third-order valence-corrected chi connectivity index (χ3v) is 6.05. The van der Waals surface area contributed by atoms with E-state index >= 15 is 0 Å². The largest absolute Gasteiger partial charge is 0.455 e. The number of furan rings is 1. The summed E-state index contributed by atoms with van der Waals surface area (Å²) in [4.78, 5) is 17.7. The summed E-state index contributed by atoms with van der Waals surface area (Å²) >= 11 is 0. The van der Waals surface area contributed by atoms with E-state index in [1.165, 1.54) is 0 Å². The van der Waals surface area contributed by atoms with Gasteiger partial charge in [0.05, 0.1) is 16.6 Å². The summed E-state index contributed by atoms with van der Waals surface area (Å²) in [7, 11) is 0.932. The number of benzene rings is 1. The zero-order valence-corrected chi connectivity index (χ0v) is 16.8. The van der Waals surface area contributed by atoms with E-state index in [9.17, 15) is 9.00 Å². The van der Waals surface area contributed by atoms with Crippen LogP contribution in [0.1, 0.15) is 21.9 Å². The Morgan fingerprint density at radius 3 is 2.70 bits per heavy atom. The second-order valence-corrected chi connectivity index (χ2v) is 8.42. The van der Waals surface area contributed by atoms with Crippen LogP contribution < -0.4 is 5.32 Å². The van der Waals surface area contributed by atoms with E-state index in [1.807, 2.05) is 31.2 Å². The Kier molecular flexibility index (Phi) is 6.82. The number of aryl methyl sites for hydroxylation is 1. The molecule has 1 aromatic heterocycles. The lowest BCUT2D eigenvalue weighted by Crippen LogP contribution is -2.46. The maximum Gasteiger partial charge on any atom is 0.287 e. The van der Waals surface area contributed by atoms with Crippen molar-refractivity contribution in [1.29, 1.82) is 0 Å². The Labute approximate surface area is 163 Å². The zero-order valence-electron chi connectivity index (χ0n) is 15.9. The van der Waals surface area contributed by atoms with Gasteiger partial charge >= 0.3 is 0 Å². The lowest BCUT2D eigenvalue weighted by molar-refractivity contribution is 0.0912. The predicted molar refractivity (Wildman–Crippen MR) is 106 cm³/mol. The lowest BCUT2D eigenvalue weighted by Gasteiger charge is -2.32. The molecule has 0 spiro atoms. The number of nitrogens with zero attached hydrogens (tertiary/aromatic N) is 2. The van der Waals surface area contributed by atoms with Gasteiger partial charge in [0.2, 0.25) is 0 Å². The minimum atomic E-state index is -1.19. The van der Waals surface area contributed by atoms with Crippen molar-refractivity contribution >= 4 is 16.7 Å². The van der Waals surface area contributed by atoms with E-state index in [-0.39, 0.29) is 17.4 Å². The van der Waals surface area contributed by atoms with Crippen LogP contribution in [0.25, 0.3) is 0 Å². The van der Waals surface area contributed by atoms with Gasteiger partial charge in [0.25, 0.3) is 5.91 Å². The molecule has 1 atom stereocenters. The van der Waals surface area contributed by atoms with Gasteiger partial charge in [0, 0.05) is 44.2 Å². The molecule has 1 fully saturated rings. The summed E-state index contributed by atoms with van der Waals surface area (Å²) in [6.07, 6.45) is 0. The fraction of sp³-hybridized carbons (Fsp3) is 0.450. The lowest BCUT2D eigenvalue weighted by atomic mass is 10.2. The van der Waals surface area contributed by atoms with Crippen LogP contribution in [0, 0.1) is 6.92 Å². The normalized spacial score (nSPS) is 17.0. The quantitative estimate of drug-likeness (QED) is 0.783. The molecular formula is C20H27N3O3S. The molecule has 1 aromatic carbocycles. The number of piperazine rings is 1. The third kappa shape index (κ3) is 5.76. The van der Waals surface area contributed by atoms with Gasteiger partial charge < -0.3 is 14.6 Å². The van der Waals surface area contributed by atoms with Crippen molar-refractivity contribution in [1.82, 2.24) is 15.1 Å². The van der Waals surface area contributed by atoms with E-state index in [0.29, 0.717) is 12.3 Å². The maximum atomic E-state index is 12.5. The van der Waals surface area contributed by atoms with Crippen LogP contribution in [0.4, 0.5) is 0 Å². The first-order chi connectivity index (χ1) is 13.0. The highest BCUT2D eigenvalue weighted by Crippen LogP contribution is 2.16. The highest BCUT2D eigenvalue weighted by Gasteiger charge is 2.16. The number of nitrogens with one attached hydrogen (secondary N) is 1. The number of likely N-dealkylation sites (N-methyl/N-ethyl adjacent to an activating group) is 1. The van der Waals surface area contributed by atoms with E-state index < -0.39 is 10.8 Å². The molecule has 1 saturated heterocycles. The topological polar surface area (TPSA) is 65.8 Å². The van der Waals surface area contributed by atoms with Gasteiger partial charge in [0.1, 0.15) is 5.76 Å². The van der Waals surface area contributed by atoms with Gasteiger partial charge in [-0.15, -0.1) is 0 Å². The van der Waals surface area contributed by atoms with Crippen molar-refractivity contribution in [2.45, 2.75) is 17.6 Å². The smallest absolute Gasteiger partial charge is 0.287 e. The van der Waals surface area contributed by atoms with E-state index in [2.05, 4.69) is 22.2 Å². The van der Waals surface area contributed by atoms with Crippen LogP contribution in [-0.2, 0) is 16.6 Å². The van der Waals surface area contributed by atoms with Crippen LogP contribution in [0.2, 0.25) is 0 Å². The summed E-state index contributed by atoms with van der Waals surface area (Å²) in [5.74, 6) is 0.860. The van der Waals surface area contributed by atoms with Crippen LogP contribution in [0.5, 0.6) is 0 Å². The molecule has 6 nitrogen and oxygen atoms in total. The Balaban J connectivity index is 1.46. The third-order valence-electron chi connectivity index (χ3n) is 4.72. The van der Waals surface area contributed by atoms with Crippen LogP contribution in [0.3, 0.4) is 0 Å². The number of carbonyl (C=O) groups excluding carboxylic acids is 1. The molecule has 27 heavy (non-hydrogen) atoms. The molecule has 2 aromatic rings. The molecule has 0 bridgehead atoms.